The van der Waals surface area contributed by atoms with Gasteiger partial charge in [-0.2, -0.15) is 21.9 Å². The zero-order valence-electron chi connectivity index (χ0n) is 33.4. The highest BCUT2D eigenvalue weighted by Gasteiger charge is 2.16. The summed E-state index contributed by atoms with van der Waals surface area (Å²) < 4.78 is 73.4. The van der Waals surface area contributed by atoms with Crippen LogP contribution in [0.2, 0.25) is 0 Å². The lowest BCUT2D eigenvalue weighted by Gasteiger charge is -2.10. The van der Waals surface area contributed by atoms with Crippen molar-refractivity contribution in [3.63, 3.8) is 0 Å². The highest BCUT2D eigenvalue weighted by Crippen LogP contribution is 2.41. The SMILES string of the molecule is COc1ccc(Nc2ccc3c(O)c(N=Nc4ccc(N=Nc5ccc(N=Nc6ccc7cccc(S(=O)(=O)O)c7c6)c6ccccc56)c5ccc(S(=O)(=O)O)cc45)ccc3c2)cc1. The van der Waals surface area contributed by atoms with Crippen molar-refractivity contribution in [1.29, 1.82) is 0 Å². The first-order chi connectivity index (χ1) is 30.8. The van der Waals surface area contributed by atoms with Crippen LogP contribution in [0.4, 0.5) is 45.5 Å². The van der Waals surface area contributed by atoms with E-state index in [1.807, 2.05) is 60.7 Å². The molecule has 4 N–H and O–H groups in total. The van der Waals surface area contributed by atoms with Crippen LogP contribution in [0.25, 0.3) is 43.1 Å². The Morgan fingerprint density at radius 3 is 1.66 bits per heavy atom. The summed E-state index contributed by atoms with van der Waals surface area (Å²) in [7, 11) is -7.47. The molecule has 0 heterocycles. The fourth-order valence-corrected chi connectivity index (χ4v) is 8.43. The summed E-state index contributed by atoms with van der Waals surface area (Å²) in [4.78, 5) is -0.597. The molecule has 0 aliphatic rings. The van der Waals surface area contributed by atoms with Gasteiger partial charge in [-0.25, -0.2) is 0 Å². The summed E-state index contributed by atoms with van der Waals surface area (Å²) in [6.45, 7) is 0. The second-order valence-electron chi connectivity index (χ2n) is 14.4. The Morgan fingerprint density at radius 1 is 0.453 bits per heavy atom. The molecular weight excluding hydrogens is 855 g/mol. The van der Waals surface area contributed by atoms with Crippen LogP contribution in [0.1, 0.15) is 0 Å². The topological polar surface area (TPSA) is 224 Å². The molecule has 9 aromatic rings. The number of nitrogens with zero attached hydrogens (tertiary/aromatic N) is 6. The monoisotopic (exact) mass is 887 g/mol. The molecule has 0 aromatic heterocycles. The molecule has 0 saturated carbocycles. The van der Waals surface area contributed by atoms with Gasteiger partial charge >= 0.3 is 0 Å². The summed E-state index contributed by atoms with van der Waals surface area (Å²) >= 11 is 0. The molecular formula is C47H33N7O8S2. The number of rotatable bonds is 11. The summed E-state index contributed by atoms with van der Waals surface area (Å²) in [6, 6.07) is 43.9. The van der Waals surface area contributed by atoms with Crippen LogP contribution in [-0.2, 0) is 20.2 Å². The van der Waals surface area contributed by atoms with Gasteiger partial charge in [-0.05, 0) is 114 Å². The minimum atomic E-state index is -4.60. The van der Waals surface area contributed by atoms with Crippen molar-refractivity contribution in [2.45, 2.75) is 9.79 Å². The summed E-state index contributed by atoms with van der Waals surface area (Å²) in [6.07, 6.45) is 0. The number of hydrogen-bond acceptors (Lipinski definition) is 13. The van der Waals surface area contributed by atoms with Crippen LogP contribution >= 0.6 is 0 Å². The summed E-state index contributed by atoms with van der Waals surface area (Å²) in [5.74, 6) is 0.636. The predicted molar refractivity (Wildman–Crippen MR) is 246 cm³/mol. The van der Waals surface area contributed by atoms with Gasteiger partial charge in [-0.1, -0.05) is 54.6 Å². The highest BCUT2D eigenvalue weighted by atomic mass is 32.2. The molecule has 0 amide bonds. The molecule has 316 valence electrons. The van der Waals surface area contributed by atoms with E-state index in [4.69, 9.17) is 4.74 Å². The Balaban J connectivity index is 1.02. The first kappa shape index (κ1) is 41.4. The summed E-state index contributed by atoms with van der Waals surface area (Å²) in [5.41, 5.74) is 3.78. The van der Waals surface area contributed by atoms with E-state index < -0.39 is 20.2 Å². The number of benzene rings is 9. The second-order valence-corrected chi connectivity index (χ2v) is 17.2. The predicted octanol–water partition coefficient (Wildman–Crippen LogP) is 13.5. The number of methoxy groups -OCH3 is 1. The van der Waals surface area contributed by atoms with E-state index in [1.54, 1.807) is 73.8 Å². The lowest BCUT2D eigenvalue weighted by molar-refractivity contribution is 0.415. The molecule has 9 aromatic carbocycles. The Kier molecular flexibility index (Phi) is 10.8. The van der Waals surface area contributed by atoms with Crippen molar-refractivity contribution in [2.75, 3.05) is 12.4 Å². The minimum Gasteiger partial charge on any atom is -0.505 e. The van der Waals surface area contributed by atoms with Gasteiger partial charge in [0.15, 0.2) is 5.75 Å². The lowest BCUT2D eigenvalue weighted by atomic mass is 10.1. The van der Waals surface area contributed by atoms with Crippen molar-refractivity contribution in [3.05, 3.63) is 158 Å². The maximum Gasteiger partial charge on any atom is 0.295 e. The average molecular weight is 888 g/mol. The average Bonchev–Trinajstić information content (AvgIpc) is 3.29. The van der Waals surface area contributed by atoms with Crippen LogP contribution in [0, 0.1) is 0 Å². The number of hydrogen-bond donors (Lipinski definition) is 4. The molecule has 0 aliphatic heterocycles. The van der Waals surface area contributed by atoms with Gasteiger partial charge in [0.25, 0.3) is 20.2 Å². The van der Waals surface area contributed by atoms with Gasteiger partial charge in [0.05, 0.1) is 40.4 Å². The molecule has 0 saturated heterocycles. The number of fused-ring (bicyclic) bond motifs is 4. The molecule has 64 heavy (non-hydrogen) atoms. The fraction of sp³-hybridized carbons (Fsp3) is 0.0213. The number of phenolic OH excluding ortho intramolecular Hbond substituents is 1. The second kappa shape index (κ2) is 16.7. The maximum absolute atomic E-state index is 12.2. The van der Waals surface area contributed by atoms with Crippen LogP contribution in [-0.4, -0.2) is 38.2 Å². The van der Waals surface area contributed by atoms with Crippen molar-refractivity contribution < 1.29 is 35.8 Å². The van der Waals surface area contributed by atoms with Crippen LogP contribution < -0.4 is 10.1 Å². The standard InChI is InChI=1S/C47H33N7O8S2/c1-62-33-15-12-30(13-16-33)48-31-14-18-35-29(25-31)10-20-45(47(35)55)54-53-44-24-23-43(38-19-17-34(27-40(38)44)63(56,57)58)52-51-42-22-21-41(36-6-2-3-7-37(36)42)50-49-32-11-9-28-5-4-8-46(39(28)26-32)64(59,60)61/h2-27,48,55H,1H3,(H,56,57,58)(H,59,60,61). The van der Waals surface area contributed by atoms with Gasteiger partial charge in [-0.15, -0.1) is 25.6 Å². The Bertz CT molecular complexity index is 3660. The van der Waals surface area contributed by atoms with Gasteiger partial charge in [-0.3, -0.25) is 9.11 Å². The molecule has 0 bridgehead atoms. The number of aromatic hydroxyl groups is 1. The normalized spacial score (nSPS) is 12.4. The molecule has 0 aliphatic carbocycles. The molecule has 0 unspecified atom stereocenters. The van der Waals surface area contributed by atoms with Gasteiger partial charge in [0.1, 0.15) is 16.3 Å². The van der Waals surface area contributed by atoms with E-state index in [-0.39, 0.29) is 26.9 Å². The van der Waals surface area contributed by atoms with Crippen molar-refractivity contribution in [2.24, 2.45) is 30.7 Å². The van der Waals surface area contributed by atoms with E-state index in [0.29, 0.717) is 60.5 Å². The molecule has 0 radical (unpaired) electrons. The zero-order valence-corrected chi connectivity index (χ0v) is 35.0. The van der Waals surface area contributed by atoms with E-state index >= 15 is 0 Å². The van der Waals surface area contributed by atoms with Crippen LogP contribution in [0.15, 0.2) is 198 Å². The van der Waals surface area contributed by atoms with Gasteiger partial charge in [0, 0.05) is 43.7 Å². The molecule has 0 atom stereocenters. The Hall–Kier alpha value is -7.96. The fourth-order valence-electron chi connectivity index (χ4n) is 7.22. The number of azo groups is 3. The Morgan fingerprint density at radius 2 is 1.02 bits per heavy atom. The zero-order chi connectivity index (χ0) is 44.6. The maximum atomic E-state index is 12.2. The number of phenols is 1. The molecule has 0 spiro atoms. The van der Waals surface area contributed by atoms with Crippen molar-refractivity contribution >= 4 is 109 Å². The summed E-state index contributed by atoms with van der Waals surface area (Å²) in [5, 5.41) is 45.5. The van der Waals surface area contributed by atoms with E-state index in [2.05, 4.69) is 36.0 Å². The molecule has 0 fully saturated rings. The van der Waals surface area contributed by atoms with Gasteiger partial charge in [0.2, 0.25) is 0 Å². The van der Waals surface area contributed by atoms with E-state index in [1.165, 1.54) is 30.3 Å². The van der Waals surface area contributed by atoms with Crippen molar-refractivity contribution in [3.8, 4) is 11.5 Å². The third kappa shape index (κ3) is 8.46. The third-order valence-electron chi connectivity index (χ3n) is 10.4. The number of nitrogens with one attached hydrogen (secondary N) is 1. The quantitative estimate of drug-likeness (QED) is 0.0715. The van der Waals surface area contributed by atoms with Crippen molar-refractivity contribution in [1.82, 2.24) is 0 Å². The smallest absolute Gasteiger partial charge is 0.295 e. The minimum absolute atomic E-state index is 0.103. The third-order valence-corrected chi connectivity index (χ3v) is 12.1. The Labute approximate surface area is 365 Å². The number of anilines is 2. The number of ether oxygens (including phenoxy) is 1. The molecule has 15 nitrogen and oxygen atoms in total. The van der Waals surface area contributed by atoms with Crippen LogP contribution in [0.3, 0.4) is 0 Å². The molecule has 17 heteroatoms. The van der Waals surface area contributed by atoms with E-state index in [9.17, 15) is 31.0 Å². The van der Waals surface area contributed by atoms with Gasteiger partial charge < -0.3 is 15.2 Å². The first-order valence-electron chi connectivity index (χ1n) is 19.3. The van der Waals surface area contributed by atoms with E-state index in [0.717, 1.165) is 22.5 Å². The molecule has 9 rings (SSSR count). The lowest BCUT2D eigenvalue weighted by Crippen LogP contribution is -1.98. The first-order valence-corrected chi connectivity index (χ1v) is 22.2. The highest BCUT2D eigenvalue weighted by molar-refractivity contribution is 7.86. The van der Waals surface area contributed by atoms with Crippen LogP contribution in [0.5, 0.6) is 11.5 Å². The largest absolute Gasteiger partial charge is 0.505 e.